The first-order valence-corrected chi connectivity index (χ1v) is 11.7. The van der Waals surface area contributed by atoms with Crippen LogP contribution in [0.3, 0.4) is 0 Å². The van der Waals surface area contributed by atoms with Crippen LogP contribution in [-0.2, 0) is 0 Å². The summed E-state index contributed by atoms with van der Waals surface area (Å²) >= 11 is 0. The van der Waals surface area contributed by atoms with Crippen LogP contribution in [0.4, 0.5) is 14.6 Å². The number of halogens is 2. The SMILES string of the molecule is NC(=O)c1nccc2[nH]c(-c3cc4ccccc4nc3N3C[C@H]4CCCC(F)(F)[C@H]4C3)cc(=O)c12. The summed E-state index contributed by atoms with van der Waals surface area (Å²) in [5, 5.41) is 0.979. The van der Waals surface area contributed by atoms with Crippen LogP contribution in [0, 0.1) is 11.8 Å². The van der Waals surface area contributed by atoms with Crippen molar-refractivity contribution in [2.24, 2.45) is 17.6 Å². The number of primary amides is 1. The molecule has 6 rings (SSSR count). The molecule has 7 nitrogen and oxygen atoms in total. The van der Waals surface area contributed by atoms with E-state index in [0.717, 1.165) is 17.3 Å². The van der Waals surface area contributed by atoms with E-state index in [-0.39, 0.29) is 30.0 Å². The first-order chi connectivity index (χ1) is 16.8. The van der Waals surface area contributed by atoms with Crippen molar-refractivity contribution >= 4 is 33.5 Å². The minimum absolute atomic E-state index is 0.0752. The van der Waals surface area contributed by atoms with Crippen LogP contribution in [0.25, 0.3) is 33.1 Å². The lowest BCUT2D eigenvalue weighted by Gasteiger charge is -2.32. The highest BCUT2D eigenvalue weighted by Gasteiger charge is 2.51. The molecule has 0 bridgehead atoms. The number of fused-ring (bicyclic) bond motifs is 3. The summed E-state index contributed by atoms with van der Waals surface area (Å²) in [5.41, 5.74) is 7.20. The van der Waals surface area contributed by atoms with E-state index in [9.17, 15) is 18.4 Å². The number of carbonyl (C=O) groups excluding carboxylic acids is 1. The number of hydrogen-bond acceptors (Lipinski definition) is 5. The fourth-order valence-electron chi connectivity index (χ4n) is 5.68. The largest absolute Gasteiger partial charge is 0.364 e. The topological polar surface area (TPSA) is 105 Å². The number of carbonyl (C=O) groups is 1. The van der Waals surface area contributed by atoms with Crippen molar-refractivity contribution in [3.05, 3.63) is 64.6 Å². The molecule has 1 saturated heterocycles. The van der Waals surface area contributed by atoms with Gasteiger partial charge >= 0.3 is 0 Å². The number of H-pyrrole nitrogens is 1. The van der Waals surface area contributed by atoms with Crippen molar-refractivity contribution in [1.29, 1.82) is 0 Å². The summed E-state index contributed by atoms with van der Waals surface area (Å²) in [6, 6.07) is 12.5. The van der Waals surface area contributed by atoms with Crippen molar-refractivity contribution in [2.75, 3.05) is 18.0 Å². The zero-order valence-corrected chi connectivity index (χ0v) is 18.8. The molecule has 9 heteroatoms. The summed E-state index contributed by atoms with van der Waals surface area (Å²) in [5.74, 6) is -3.73. The summed E-state index contributed by atoms with van der Waals surface area (Å²) in [6.45, 7) is 0.704. The van der Waals surface area contributed by atoms with E-state index in [1.165, 1.54) is 12.3 Å². The predicted octanol–water partition coefficient (Wildman–Crippen LogP) is 4.11. The van der Waals surface area contributed by atoms with Gasteiger partial charge in [-0.15, -0.1) is 0 Å². The molecule has 4 heterocycles. The van der Waals surface area contributed by atoms with Crippen LogP contribution in [0.1, 0.15) is 29.8 Å². The van der Waals surface area contributed by atoms with Gasteiger partial charge in [0.25, 0.3) is 11.8 Å². The van der Waals surface area contributed by atoms with E-state index in [2.05, 4.69) is 9.97 Å². The summed E-state index contributed by atoms with van der Waals surface area (Å²) in [7, 11) is 0. The number of aromatic amines is 1. The predicted molar refractivity (Wildman–Crippen MR) is 130 cm³/mol. The Morgan fingerprint density at radius 1 is 1.17 bits per heavy atom. The van der Waals surface area contributed by atoms with Crippen LogP contribution in [0.15, 0.2) is 53.5 Å². The molecule has 2 fully saturated rings. The van der Waals surface area contributed by atoms with E-state index in [0.29, 0.717) is 35.6 Å². The fraction of sp³-hybridized carbons (Fsp3) is 0.308. The molecule has 1 aromatic carbocycles. The van der Waals surface area contributed by atoms with Crippen LogP contribution in [-0.4, -0.2) is 39.9 Å². The molecule has 0 unspecified atom stereocenters. The van der Waals surface area contributed by atoms with Gasteiger partial charge in [-0.05, 0) is 37.0 Å². The molecular formula is C26H23F2N5O2. The van der Waals surface area contributed by atoms with Gasteiger partial charge in [-0.2, -0.15) is 0 Å². The lowest BCUT2D eigenvalue weighted by atomic mass is 9.79. The average molecular weight is 475 g/mol. The summed E-state index contributed by atoms with van der Waals surface area (Å²) in [4.78, 5) is 38.9. The zero-order valence-electron chi connectivity index (χ0n) is 18.8. The van der Waals surface area contributed by atoms with Crippen molar-refractivity contribution in [3.8, 4) is 11.3 Å². The maximum atomic E-state index is 14.7. The minimum atomic E-state index is -2.69. The third-order valence-corrected chi connectivity index (χ3v) is 7.34. The number of nitrogens with zero attached hydrogens (tertiary/aromatic N) is 3. The molecule has 3 aromatic heterocycles. The number of anilines is 1. The number of para-hydroxylation sites is 1. The second kappa shape index (κ2) is 7.83. The third-order valence-electron chi connectivity index (χ3n) is 7.34. The Balaban J connectivity index is 1.54. The number of pyridine rings is 3. The lowest BCUT2D eigenvalue weighted by Crippen LogP contribution is -2.37. The molecule has 1 amide bonds. The van der Waals surface area contributed by atoms with Gasteiger partial charge < -0.3 is 15.6 Å². The summed E-state index contributed by atoms with van der Waals surface area (Å²) in [6.07, 6.45) is 2.63. The molecule has 1 aliphatic heterocycles. The molecule has 1 aliphatic carbocycles. The average Bonchev–Trinajstić information content (AvgIpc) is 3.28. The standard InChI is InChI=1S/C26H23F2N5O2/c27-26(28)8-3-5-15-12-33(13-17(15)26)25-16(10-14-4-1-2-6-18(14)32-25)20-11-21(34)22-19(31-20)7-9-30-23(22)24(29)35/h1-2,4,6-7,9-11,15,17H,3,5,8,12-13H2,(H2,29,35)(H,31,34)/t15-,17+/m1/s1. The Morgan fingerprint density at radius 3 is 2.80 bits per heavy atom. The van der Waals surface area contributed by atoms with Crippen molar-refractivity contribution in [1.82, 2.24) is 15.0 Å². The van der Waals surface area contributed by atoms with Crippen LogP contribution in [0.2, 0.25) is 0 Å². The molecule has 2 aliphatic rings. The number of hydrogen-bond donors (Lipinski definition) is 2. The van der Waals surface area contributed by atoms with E-state index in [1.807, 2.05) is 35.2 Å². The van der Waals surface area contributed by atoms with E-state index in [1.54, 1.807) is 6.07 Å². The number of nitrogens with two attached hydrogens (primary N) is 1. The normalized spacial score (nSPS) is 21.4. The maximum Gasteiger partial charge on any atom is 0.268 e. The van der Waals surface area contributed by atoms with Crippen LogP contribution >= 0.6 is 0 Å². The first kappa shape index (κ1) is 21.6. The molecule has 1 saturated carbocycles. The van der Waals surface area contributed by atoms with Crippen molar-refractivity contribution in [3.63, 3.8) is 0 Å². The lowest BCUT2D eigenvalue weighted by molar-refractivity contribution is -0.0930. The van der Waals surface area contributed by atoms with E-state index < -0.39 is 23.2 Å². The minimum Gasteiger partial charge on any atom is -0.364 e. The molecule has 35 heavy (non-hydrogen) atoms. The number of alkyl halides is 2. The smallest absolute Gasteiger partial charge is 0.268 e. The van der Waals surface area contributed by atoms with Gasteiger partial charge in [0.2, 0.25) is 0 Å². The monoisotopic (exact) mass is 475 g/mol. The Bertz CT molecular complexity index is 1550. The Morgan fingerprint density at radius 2 is 2.00 bits per heavy atom. The molecule has 0 spiro atoms. The highest BCUT2D eigenvalue weighted by molar-refractivity contribution is 6.04. The van der Waals surface area contributed by atoms with Gasteiger partial charge in [0.1, 0.15) is 11.5 Å². The second-order valence-corrected chi connectivity index (χ2v) is 9.47. The van der Waals surface area contributed by atoms with Crippen LogP contribution < -0.4 is 16.1 Å². The maximum absolute atomic E-state index is 14.7. The zero-order chi connectivity index (χ0) is 24.3. The second-order valence-electron chi connectivity index (χ2n) is 9.47. The first-order valence-electron chi connectivity index (χ1n) is 11.7. The highest BCUT2D eigenvalue weighted by Crippen LogP contribution is 2.47. The fourth-order valence-corrected chi connectivity index (χ4v) is 5.68. The number of aromatic nitrogens is 3. The van der Waals surface area contributed by atoms with Gasteiger partial charge in [0.05, 0.1) is 22.1 Å². The van der Waals surface area contributed by atoms with Crippen molar-refractivity contribution in [2.45, 2.75) is 25.2 Å². The Kier molecular flexibility index (Phi) is 4.84. The van der Waals surface area contributed by atoms with Gasteiger partial charge in [0.15, 0.2) is 5.43 Å². The molecule has 178 valence electrons. The molecular weight excluding hydrogens is 452 g/mol. The third kappa shape index (κ3) is 3.53. The molecule has 0 radical (unpaired) electrons. The molecule has 2 atom stereocenters. The van der Waals surface area contributed by atoms with Gasteiger partial charge in [-0.3, -0.25) is 14.6 Å². The number of rotatable bonds is 3. The van der Waals surface area contributed by atoms with Gasteiger partial charge in [-0.25, -0.2) is 13.8 Å². The van der Waals surface area contributed by atoms with E-state index >= 15 is 0 Å². The highest BCUT2D eigenvalue weighted by atomic mass is 19.3. The quantitative estimate of drug-likeness (QED) is 0.464. The number of benzene rings is 1. The van der Waals surface area contributed by atoms with Crippen LogP contribution in [0.5, 0.6) is 0 Å². The van der Waals surface area contributed by atoms with E-state index in [4.69, 9.17) is 10.7 Å². The summed E-state index contributed by atoms with van der Waals surface area (Å²) < 4.78 is 29.4. The van der Waals surface area contributed by atoms with Gasteiger partial charge in [0, 0.05) is 48.6 Å². The number of amides is 1. The molecule has 3 N–H and O–H groups in total. The number of nitrogens with one attached hydrogen (secondary N) is 1. The molecule has 4 aromatic rings. The Hall–Kier alpha value is -3.88. The van der Waals surface area contributed by atoms with Gasteiger partial charge in [-0.1, -0.05) is 18.2 Å². The van der Waals surface area contributed by atoms with Crippen molar-refractivity contribution < 1.29 is 13.6 Å². The Labute approximate surface area is 199 Å².